The first kappa shape index (κ1) is 19.7. The van der Waals surface area contributed by atoms with Crippen LogP contribution in [0.1, 0.15) is 30.1 Å². The number of nitrogens with zero attached hydrogens (tertiary/aromatic N) is 1. The molecule has 1 amide bonds. The van der Waals surface area contributed by atoms with E-state index in [1.165, 1.54) is 10.6 Å². The summed E-state index contributed by atoms with van der Waals surface area (Å²) >= 11 is 5.88. The number of fused-ring (bicyclic) bond motifs is 1. The maximum atomic E-state index is 12.3. The average molecular weight is 403 g/mol. The summed E-state index contributed by atoms with van der Waals surface area (Å²) in [6.45, 7) is 2.18. The highest BCUT2D eigenvalue weighted by Crippen LogP contribution is 2.18. The van der Waals surface area contributed by atoms with E-state index in [9.17, 15) is 14.4 Å². The molecule has 28 heavy (non-hydrogen) atoms. The Morgan fingerprint density at radius 3 is 2.64 bits per heavy atom. The van der Waals surface area contributed by atoms with Crippen LogP contribution in [-0.4, -0.2) is 23.1 Å². The number of amides is 1. The molecule has 0 saturated carbocycles. The van der Waals surface area contributed by atoms with Crippen LogP contribution >= 0.6 is 11.6 Å². The van der Waals surface area contributed by atoms with E-state index >= 15 is 0 Å². The standard InChI is InChI=1S/C20H19ClN2O5/c1-2-3-10-27-19(25)13-4-7-15(8-5-13)22-18(24)12-23-16-9-6-14(21)11-17(16)28-20(23)26/h4-9,11H,2-3,10,12H2,1H3,(H,22,24). The van der Waals surface area contributed by atoms with Crippen LogP contribution in [0.2, 0.25) is 5.02 Å². The highest BCUT2D eigenvalue weighted by molar-refractivity contribution is 6.31. The summed E-state index contributed by atoms with van der Waals surface area (Å²) in [5.74, 6) is -1.45. The van der Waals surface area contributed by atoms with Crippen LogP contribution in [0, 0.1) is 0 Å². The lowest BCUT2D eigenvalue weighted by molar-refractivity contribution is -0.116. The monoisotopic (exact) mass is 402 g/mol. The number of rotatable bonds is 7. The van der Waals surface area contributed by atoms with Crippen LogP contribution < -0.4 is 11.1 Å². The summed E-state index contributed by atoms with van der Waals surface area (Å²) in [6, 6.07) is 11.1. The quantitative estimate of drug-likeness (QED) is 0.479. The van der Waals surface area contributed by atoms with E-state index in [0.717, 1.165) is 12.8 Å². The fourth-order valence-corrected chi connectivity index (χ4v) is 2.78. The van der Waals surface area contributed by atoms with Crippen molar-refractivity contribution in [2.45, 2.75) is 26.3 Å². The van der Waals surface area contributed by atoms with Gasteiger partial charge in [-0.2, -0.15) is 0 Å². The van der Waals surface area contributed by atoms with Gasteiger partial charge in [0.1, 0.15) is 6.54 Å². The third-order valence-corrected chi connectivity index (χ3v) is 4.30. The van der Waals surface area contributed by atoms with Gasteiger partial charge in [-0.15, -0.1) is 0 Å². The molecule has 0 aliphatic rings. The van der Waals surface area contributed by atoms with Gasteiger partial charge in [0.25, 0.3) is 0 Å². The molecule has 0 aliphatic carbocycles. The minimum Gasteiger partial charge on any atom is -0.462 e. The number of halogens is 1. The van der Waals surface area contributed by atoms with E-state index in [-0.39, 0.29) is 6.54 Å². The molecule has 0 bridgehead atoms. The fraction of sp³-hybridized carbons (Fsp3) is 0.250. The second-order valence-electron chi connectivity index (χ2n) is 6.18. The van der Waals surface area contributed by atoms with Gasteiger partial charge in [-0.05, 0) is 42.8 Å². The number of esters is 1. The Morgan fingerprint density at radius 1 is 1.18 bits per heavy atom. The molecule has 2 aromatic carbocycles. The number of oxazole rings is 1. The number of carbonyl (C=O) groups excluding carboxylic acids is 2. The molecule has 7 nitrogen and oxygen atoms in total. The number of ether oxygens (including phenoxy) is 1. The third-order valence-electron chi connectivity index (χ3n) is 4.07. The van der Waals surface area contributed by atoms with Crippen LogP contribution in [-0.2, 0) is 16.1 Å². The molecule has 1 heterocycles. The van der Waals surface area contributed by atoms with Crippen molar-refractivity contribution in [2.75, 3.05) is 11.9 Å². The molecule has 8 heteroatoms. The zero-order chi connectivity index (χ0) is 20.1. The summed E-state index contributed by atoms with van der Waals surface area (Å²) in [4.78, 5) is 36.2. The first-order valence-electron chi connectivity index (χ1n) is 8.84. The second-order valence-corrected chi connectivity index (χ2v) is 6.62. The Kier molecular flexibility index (Phi) is 6.16. The largest absolute Gasteiger partial charge is 0.462 e. The topological polar surface area (TPSA) is 90.5 Å². The Hall–Kier alpha value is -3.06. The van der Waals surface area contributed by atoms with Crippen LogP contribution in [0.15, 0.2) is 51.7 Å². The number of hydrogen-bond acceptors (Lipinski definition) is 5. The van der Waals surface area contributed by atoms with Gasteiger partial charge in [-0.1, -0.05) is 24.9 Å². The molecular weight excluding hydrogens is 384 g/mol. The maximum Gasteiger partial charge on any atom is 0.420 e. The zero-order valence-electron chi connectivity index (χ0n) is 15.2. The predicted molar refractivity (Wildman–Crippen MR) is 106 cm³/mol. The molecule has 3 aromatic rings. The van der Waals surface area contributed by atoms with Crippen molar-refractivity contribution < 1.29 is 18.7 Å². The Bertz CT molecular complexity index is 1050. The van der Waals surface area contributed by atoms with E-state index in [1.54, 1.807) is 36.4 Å². The molecule has 3 rings (SSSR count). The number of aromatic nitrogens is 1. The molecule has 0 spiro atoms. The van der Waals surface area contributed by atoms with E-state index in [2.05, 4.69) is 5.32 Å². The Labute approximate surface area is 165 Å². The molecule has 1 N–H and O–H groups in total. The van der Waals surface area contributed by atoms with Crippen LogP contribution in [0.5, 0.6) is 0 Å². The second kappa shape index (κ2) is 8.75. The number of carbonyl (C=O) groups is 2. The van der Waals surface area contributed by atoms with Crippen molar-refractivity contribution in [2.24, 2.45) is 0 Å². The van der Waals surface area contributed by atoms with E-state index in [1.807, 2.05) is 6.92 Å². The van der Waals surface area contributed by atoms with Gasteiger partial charge < -0.3 is 14.5 Å². The minimum atomic E-state index is -0.641. The highest BCUT2D eigenvalue weighted by Gasteiger charge is 2.14. The fourth-order valence-electron chi connectivity index (χ4n) is 2.62. The highest BCUT2D eigenvalue weighted by atomic mass is 35.5. The van der Waals surface area contributed by atoms with Gasteiger partial charge in [0, 0.05) is 16.8 Å². The van der Waals surface area contributed by atoms with Gasteiger partial charge in [0.2, 0.25) is 5.91 Å². The maximum absolute atomic E-state index is 12.3. The molecule has 0 radical (unpaired) electrons. The molecule has 146 valence electrons. The Balaban J connectivity index is 1.65. The summed E-state index contributed by atoms with van der Waals surface area (Å²) in [6.07, 6.45) is 1.76. The molecule has 0 saturated heterocycles. The molecule has 0 atom stereocenters. The van der Waals surface area contributed by atoms with Crippen LogP contribution in [0.4, 0.5) is 5.69 Å². The predicted octanol–water partition coefficient (Wildman–Crippen LogP) is 3.84. The van der Waals surface area contributed by atoms with Crippen molar-refractivity contribution in [3.05, 3.63) is 63.6 Å². The molecule has 1 aromatic heterocycles. The van der Waals surface area contributed by atoms with Crippen molar-refractivity contribution in [3.63, 3.8) is 0 Å². The van der Waals surface area contributed by atoms with Crippen molar-refractivity contribution in [1.82, 2.24) is 4.57 Å². The van der Waals surface area contributed by atoms with E-state index in [0.29, 0.717) is 34.0 Å². The van der Waals surface area contributed by atoms with Crippen LogP contribution in [0.3, 0.4) is 0 Å². The van der Waals surface area contributed by atoms with E-state index in [4.69, 9.17) is 20.8 Å². The van der Waals surface area contributed by atoms with Gasteiger partial charge >= 0.3 is 11.7 Å². The smallest absolute Gasteiger partial charge is 0.420 e. The normalized spacial score (nSPS) is 10.8. The number of hydrogen-bond donors (Lipinski definition) is 1. The lowest BCUT2D eigenvalue weighted by atomic mass is 10.2. The Morgan fingerprint density at radius 2 is 1.93 bits per heavy atom. The molecule has 0 fully saturated rings. The van der Waals surface area contributed by atoms with Gasteiger partial charge in [-0.3, -0.25) is 9.36 Å². The minimum absolute atomic E-state index is 0.214. The SMILES string of the molecule is CCCCOC(=O)c1ccc(NC(=O)Cn2c(=O)oc3cc(Cl)ccc32)cc1. The number of nitrogens with one attached hydrogen (secondary N) is 1. The molecular formula is C20H19ClN2O5. The van der Waals surface area contributed by atoms with Gasteiger partial charge in [0.15, 0.2) is 5.58 Å². The number of anilines is 1. The van der Waals surface area contributed by atoms with Crippen molar-refractivity contribution in [1.29, 1.82) is 0 Å². The van der Waals surface area contributed by atoms with Gasteiger partial charge in [0.05, 0.1) is 17.7 Å². The first-order chi connectivity index (χ1) is 13.5. The zero-order valence-corrected chi connectivity index (χ0v) is 16.0. The summed E-state index contributed by atoms with van der Waals surface area (Å²) in [5.41, 5.74) is 1.70. The molecule has 0 aliphatic heterocycles. The van der Waals surface area contributed by atoms with Crippen molar-refractivity contribution in [3.8, 4) is 0 Å². The average Bonchev–Trinajstić information content (AvgIpc) is 2.96. The molecule has 0 unspecified atom stereocenters. The van der Waals surface area contributed by atoms with Crippen LogP contribution in [0.25, 0.3) is 11.1 Å². The third kappa shape index (κ3) is 4.61. The van der Waals surface area contributed by atoms with Gasteiger partial charge in [-0.25, -0.2) is 9.59 Å². The van der Waals surface area contributed by atoms with Crippen molar-refractivity contribution >= 4 is 40.3 Å². The number of unbranched alkanes of at least 4 members (excludes halogenated alkanes) is 1. The lowest BCUT2D eigenvalue weighted by Crippen LogP contribution is -2.24. The summed E-state index contributed by atoms with van der Waals surface area (Å²) < 4.78 is 11.5. The summed E-state index contributed by atoms with van der Waals surface area (Å²) in [5, 5.41) is 3.12. The first-order valence-corrected chi connectivity index (χ1v) is 9.21. The lowest BCUT2D eigenvalue weighted by Gasteiger charge is -2.07. The number of benzene rings is 2. The van der Waals surface area contributed by atoms with E-state index < -0.39 is 17.6 Å². The summed E-state index contributed by atoms with van der Waals surface area (Å²) in [7, 11) is 0.